The second kappa shape index (κ2) is 6.52. The number of nitrogens with one attached hydrogen (secondary N) is 1. The van der Waals surface area contributed by atoms with Crippen LogP contribution in [0.25, 0.3) is 0 Å². The minimum absolute atomic E-state index is 0.108. The number of hydrogen-bond acceptors (Lipinski definition) is 3. The van der Waals surface area contributed by atoms with Gasteiger partial charge in [-0.3, -0.25) is 9.59 Å². The van der Waals surface area contributed by atoms with Gasteiger partial charge in [0, 0.05) is 38.1 Å². The van der Waals surface area contributed by atoms with Crippen molar-refractivity contribution in [3.8, 4) is 0 Å². The predicted molar refractivity (Wildman–Crippen MR) is 74.4 cm³/mol. The Balaban J connectivity index is 2.83. The lowest BCUT2D eigenvalue weighted by Gasteiger charge is -2.20. The van der Waals surface area contributed by atoms with E-state index in [4.69, 9.17) is 4.74 Å². The van der Waals surface area contributed by atoms with Crippen LogP contribution in [-0.4, -0.2) is 29.7 Å². The van der Waals surface area contributed by atoms with E-state index in [0.717, 1.165) is 6.42 Å². The quantitative estimate of drug-likeness (QED) is 0.820. The summed E-state index contributed by atoms with van der Waals surface area (Å²) in [5, 5.41) is 2.87. The van der Waals surface area contributed by atoms with Crippen molar-refractivity contribution in [3.05, 3.63) is 34.2 Å². The molecule has 0 fully saturated rings. The highest BCUT2D eigenvalue weighted by atomic mass is 16.5. The van der Waals surface area contributed by atoms with Crippen LogP contribution < -0.4 is 10.9 Å². The van der Waals surface area contributed by atoms with Gasteiger partial charge in [-0.15, -0.1) is 0 Å². The van der Waals surface area contributed by atoms with E-state index in [0.29, 0.717) is 18.7 Å². The first-order valence-corrected chi connectivity index (χ1v) is 6.35. The van der Waals surface area contributed by atoms with Crippen LogP contribution in [0, 0.1) is 0 Å². The van der Waals surface area contributed by atoms with E-state index in [-0.39, 0.29) is 17.0 Å². The van der Waals surface area contributed by atoms with Crippen LogP contribution in [0.15, 0.2) is 23.1 Å². The molecule has 5 nitrogen and oxygen atoms in total. The van der Waals surface area contributed by atoms with Gasteiger partial charge in [-0.1, -0.05) is 0 Å². The average molecular weight is 266 g/mol. The molecule has 1 rings (SSSR count). The fourth-order valence-corrected chi connectivity index (χ4v) is 1.63. The Morgan fingerprint density at radius 1 is 1.37 bits per heavy atom. The minimum Gasteiger partial charge on any atom is -0.385 e. The van der Waals surface area contributed by atoms with Crippen LogP contribution in [-0.2, 0) is 11.3 Å². The first-order chi connectivity index (χ1) is 8.83. The summed E-state index contributed by atoms with van der Waals surface area (Å²) in [6.45, 7) is 6.88. The third-order valence-electron chi connectivity index (χ3n) is 2.48. The third kappa shape index (κ3) is 5.26. The zero-order valence-corrected chi connectivity index (χ0v) is 12.0. The number of rotatable bonds is 5. The van der Waals surface area contributed by atoms with Crippen molar-refractivity contribution in [2.45, 2.75) is 39.3 Å². The van der Waals surface area contributed by atoms with Crippen LogP contribution in [0.5, 0.6) is 0 Å². The highest BCUT2D eigenvalue weighted by Crippen LogP contribution is 2.03. The third-order valence-corrected chi connectivity index (χ3v) is 2.48. The van der Waals surface area contributed by atoms with E-state index in [1.807, 2.05) is 20.8 Å². The summed E-state index contributed by atoms with van der Waals surface area (Å²) in [6.07, 6.45) is 2.33. The summed E-state index contributed by atoms with van der Waals surface area (Å²) in [4.78, 5) is 23.7. The number of aryl methyl sites for hydroxylation is 1. The van der Waals surface area contributed by atoms with Gasteiger partial charge >= 0.3 is 0 Å². The lowest BCUT2D eigenvalue weighted by atomic mass is 10.1. The fraction of sp³-hybridized carbons (Fsp3) is 0.571. The molecular weight excluding hydrogens is 244 g/mol. The molecule has 0 unspecified atom stereocenters. The second-order valence-electron chi connectivity index (χ2n) is 5.50. The molecule has 5 heteroatoms. The molecule has 0 aliphatic heterocycles. The summed E-state index contributed by atoms with van der Waals surface area (Å²) >= 11 is 0. The first-order valence-electron chi connectivity index (χ1n) is 6.35. The highest BCUT2D eigenvalue weighted by Gasteiger charge is 2.15. The highest BCUT2D eigenvalue weighted by molar-refractivity contribution is 5.94. The van der Waals surface area contributed by atoms with Crippen molar-refractivity contribution < 1.29 is 9.53 Å². The zero-order valence-electron chi connectivity index (χ0n) is 12.0. The molecule has 0 aliphatic carbocycles. The van der Waals surface area contributed by atoms with Gasteiger partial charge in [-0.25, -0.2) is 0 Å². The van der Waals surface area contributed by atoms with Crippen molar-refractivity contribution in [2.75, 3.05) is 13.7 Å². The van der Waals surface area contributed by atoms with E-state index in [1.54, 1.807) is 19.4 Å². The summed E-state index contributed by atoms with van der Waals surface area (Å²) in [6, 6.07) is 2.97. The number of amides is 1. The summed E-state index contributed by atoms with van der Waals surface area (Å²) in [5.41, 5.74) is 0.0871. The maximum Gasteiger partial charge on any atom is 0.253 e. The standard InChI is InChI=1S/C14H22N2O3/c1-14(2,3)15-13(18)11-6-7-12(17)16(10-11)8-5-9-19-4/h6-7,10H,5,8-9H2,1-4H3,(H,15,18). The number of methoxy groups -OCH3 is 1. The Bertz CT molecular complexity index is 486. The maximum absolute atomic E-state index is 12.0. The molecule has 0 atom stereocenters. The Morgan fingerprint density at radius 3 is 2.63 bits per heavy atom. The normalized spacial score (nSPS) is 11.4. The molecule has 19 heavy (non-hydrogen) atoms. The Hall–Kier alpha value is -1.62. The van der Waals surface area contributed by atoms with Gasteiger partial charge in [-0.05, 0) is 33.3 Å². The lowest BCUT2D eigenvalue weighted by Crippen LogP contribution is -2.41. The number of nitrogens with zero attached hydrogens (tertiary/aromatic N) is 1. The fourth-order valence-electron chi connectivity index (χ4n) is 1.63. The summed E-state index contributed by atoms with van der Waals surface area (Å²) in [5.74, 6) is -0.173. The van der Waals surface area contributed by atoms with Gasteiger partial charge in [0.05, 0.1) is 5.56 Å². The van der Waals surface area contributed by atoms with E-state index in [1.165, 1.54) is 10.6 Å². The molecule has 0 bridgehead atoms. The molecule has 0 saturated heterocycles. The van der Waals surface area contributed by atoms with Crippen LogP contribution in [0.3, 0.4) is 0 Å². The number of ether oxygens (including phenoxy) is 1. The van der Waals surface area contributed by atoms with Crippen molar-refractivity contribution in [1.82, 2.24) is 9.88 Å². The van der Waals surface area contributed by atoms with Crippen molar-refractivity contribution >= 4 is 5.91 Å². The number of aromatic nitrogens is 1. The molecular formula is C14H22N2O3. The largest absolute Gasteiger partial charge is 0.385 e. The molecule has 1 heterocycles. The minimum atomic E-state index is -0.298. The molecule has 1 N–H and O–H groups in total. The molecule has 1 amide bonds. The van der Waals surface area contributed by atoms with Crippen molar-refractivity contribution in [1.29, 1.82) is 0 Å². The molecule has 1 aromatic rings. The summed E-state index contributed by atoms with van der Waals surface area (Å²) in [7, 11) is 1.62. The molecule has 0 spiro atoms. The smallest absolute Gasteiger partial charge is 0.253 e. The van der Waals surface area contributed by atoms with Gasteiger partial charge in [0.15, 0.2) is 0 Å². The number of carbonyl (C=O) groups excluding carboxylic acids is 1. The van der Waals surface area contributed by atoms with Gasteiger partial charge in [0.25, 0.3) is 11.5 Å². The molecule has 1 aromatic heterocycles. The molecule has 0 aliphatic rings. The van der Waals surface area contributed by atoms with Crippen molar-refractivity contribution in [3.63, 3.8) is 0 Å². The zero-order chi connectivity index (χ0) is 14.5. The number of carbonyl (C=O) groups is 1. The van der Waals surface area contributed by atoms with Gasteiger partial charge in [0.1, 0.15) is 0 Å². The van der Waals surface area contributed by atoms with Gasteiger partial charge in [-0.2, -0.15) is 0 Å². The molecule has 0 radical (unpaired) electrons. The second-order valence-corrected chi connectivity index (χ2v) is 5.50. The van der Waals surface area contributed by atoms with E-state index in [2.05, 4.69) is 5.32 Å². The Kier molecular flexibility index (Phi) is 5.30. The van der Waals surface area contributed by atoms with E-state index < -0.39 is 0 Å². The SMILES string of the molecule is COCCCn1cc(C(=O)NC(C)(C)C)ccc1=O. The topological polar surface area (TPSA) is 60.3 Å². The Morgan fingerprint density at radius 2 is 2.05 bits per heavy atom. The van der Waals surface area contributed by atoms with Crippen molar-refractivity contribution in [2.24, 2.45) is 0 Å². The average Bonchev–Trinajstić information content (AvgIpc) is 2.29. The lowest BCUT2D eigenvalue weighted by molar-refractivity contribution is 0.0918. The summed E-state index contributed by atoms with van der Waals surface area (Å²) < 4.78 is 6.49. The first kappa shape index (κ1) is 15.4. The van der Waals surface area contributed by atoms with Crippen LogP contribution in [0.1, 0.15) is 37.6 Å². The molecule has 0 aromatic carbocycles. The number of hydrogen-bond donors (Lipinski definition) is 1. The monoisotopic (exact) mass is 266 g/mol. The molecule has 0 saturated carbocycles. The van der Waals surface area contributed by atoms with Crippen LogP contribution in [0.2, 0.25) is 0 Å². The van der Waals surface area contributed by atoms with Gasteiger partial charge < -0.3 is 14.6 Å². The maximum atomic E-state index is 12.0. The number of pyridine rings is 1. The van der Waals surface area contributed by atoms with Gasteiger partial charge in [0.2, 0.25) is 0 Å². The predicted octanol–water partition coefficient (Wildman–Crippen LogP) is 1.41. The van der Waals surface area contributed by atoms with Crippen LogP contribution in [0.4, 0.5) is 0 Å². The van der Waals surface area contributed by atoms with E-state index in [9.17, 15) is 9.59 Å². The Labute approximate surface area is 113 Å². The van der Waals surface area contributed by atoms with Crippen LogP contribution >= 0.6 is 0 Å². The molecule has 106 valence electrons. The van der Waals surface area contributed by atoms with E-state index >= 15 is 0 Å².